The van der Waals surface area contributed by atoms with Gasteiger partial charge in [0.25, 0.3) is 5.91 Å². The molecule has 0 spiro atoms. The Balaban J connectivity index is 1.90. The molecule has 1 N–H and O–H groups in total. The molecule has 7 heteroatoms. The Kier molecular flexibility index (Phi) is 7.12. The van der Waals surface area contributed by atoms with E-state index in [2.05, 4.69) is 5.32 Å². The third-order valence-corrected chi connectivity index (χ3v) is 5.36. The van der Waals surface area contributed by atoms with Gasteiger partial charge in [0, 0.05) is 4.88 Å². The summed E-state index contributed by atoms with van der Waals surface area (Å²) in [6, 6.07) is 9.62. The molecule has 2 aromatic rings. The van der Waals surface area contributed by atoms with Crippen molar-refractivity contribution in [1.29, 1.82) is 0 Å². The van der Waals surface area contributed by atoms with Gasteiger partial charge in [-0.15, -0.1) is 11.3 Å². The van der Waals surface area contributed by atoms with Crippen molar-refractivity contribution in [2.45, 2.75) is 33.1 Å². The molecule has 0 radical (unpaired) electrons. The van der Waals surface area contributed by atoms with Crippen LogP contribution in [0.15, 0.2) is 30.3 Å². The van der Waals surface area contributed by atoms with Crippen molar-refractivity contribution in [3.63, 3.8) is 0 Å². The van der Waals surface area contributed by atoms with Crippen molar-refractivity contribution in [3.8, 4) is 0 Å². The normalized spacial score (nSPS) is 11.6. The Labute approximate surface area is 162 Å². The van der Waals surface area contributed by atoms with Crippen LogP contribution in [0.1, 0.15) is 45.6 Å². The average molecular weight is 389 g/mol. The maximum Gasteiger partial charge on any atom is 0.341 e. The molecule has 0 bridgehead atoms. The number of methoxy groups -OCH3 is 1. The van der Waals surface area contributed by atoms with E-state index < -0.39 is 24.5 Å². The topological polar surface area (TPSA) is 81.7 Å². The van der Waals surface area contributed by atoms with Crippen molar-refractivity contribution < 1.29 is 23.9 Å². The second-order valence-electron chi connectivity index (χ2n) is 6.20. The van der Waals surface area contributed by atoms with Crippen LogP contribution in [0.4, 0.5) is 5.00 Å². The van der Waals surface area contributed by atoms with Gasteiger partial charge in [0.15, 0.2) is 6.61 Å². The number of aryl methyl sites for hydroxylation is 1. The van der Waals surface area contributed by atoms with Gasteiger partial charge in [-0.1, -0.05) is 37.3 Å². The summed E-state index contributed by atoms with van der Waals surface area (Å²) in [6.07, 6.45) is 0.182. The molecule has 0 saturated heterocycles. The zero-order valence-corrected chi connectivity index (χ0v) is 16.6. The predicted molar refractivity (Wildman–Crippen MR) is 104 cm³/mol. The standard InChI is InChI=1S/C20H23NO5S/c1-12(15-8-6-5-7-9-15)10-17(23)26-11-16(22)21-19-18(20(24)25-4)13(2)14(3)27-19/h5-9,12H,10-11H2,1-4H3,(H,21,22)/t12-/m1/s1. The molecular weight excluding hydrogens is 366 g/mol. The minimum absolute atomic E-state index is 0.00437. The second-order valence-corrected chi connectivity index (χ2v) is 7.43. The van der Waals surface area contributed by atoms with Gasteiger partial charge in [0.2, 0.25) is 0 Å². The molecule has 27 heavy (non-hydrogen) atoms. The molecule has 0 aliphatic rings. The van der Waals surface area contributed by atoms with Crippen LogP contribution in [-0.2, 0) is 19.1 Å². The SMILES string of the molecule is COC(=O)c1c(NC(=O)COC(=O)C[C@@H](C)c2ccccc2)sc(C)c1C. The Hall–Kier alpha value is -2.67. The van der Waals surface area contributed by atoms with Crippen LogP contribution in [0.25, 0.3) is 0 Å². The monoisotopic (exact) mass is 389 g/mol. The Morgan fingerprint density at radius 3 is 2.44 bits per heavy atom. The number of benzene rings is 1. The Morgan fingerprint density at radius 1 is 1.15 bits per heavy atom. The average Bonchev–Trinajstić information content (AvgIpc) is 2.93. The third kappa shape index (κ3) is 5.40. The smallest absolute Gasteiger partial charge is 0.341 e. The van der Waals surface area contributed by atoms with E-state index in [1.54, 1.807) is 6.92 Å². The largest absolute Gasteiger partial charge is 0.465 e. The van der Waals surface area contributed by atoms with E-state index in [9.17, 15) is 14.4 Å². The van der Waals surface area contributed by atoms with Gasteiger partial charge in [-0.3, -0.25) is 9.59 Å². The molecule has 1 aromatic carbocycles. The molecule has 0 aliphatic carbocycles. The number of carbonyl (C=O) groups excluding carboxylic acids is 3. The van der Waals surface area contributed by atoms with E-state index in [0.717, 1.165) is 16.0 Å². The van der Waals surface area contributed by atoms with Crippen LogP contribution < -0.4 is 5.32 Å². The fourth-order valence-corrected chi connectivity index (χ4v) is 3.64. The lowest BCUT2D eigenvalue weighted by Gasteiger charge is -2.11. The molecule has 6 nitrogen and oxygen atoms in total. The highest BCUT2D eigenvalue weighted by Gasteiger charge is 2.22. The maximum absolute atomic E-state index is 12.1. The first-order valence-corrected chi connectivity index (χ1v) is 9.33. The summed E-state index contributed by atoms with van der Waals surface area (Å²) < 4.78 is 9.84. The molecule has 1 heterocycles. The minimum atomic E-state index is -0.513. The van der Waals surface area contributed by atoms with Crippen molar-refractivity contribution in [2.24, 2.45) is 0 Å². The van der Waals surface area contributed by atoms with Crippen molar-refractivity contribution >= 4 is 34.2 Å². The van der Waals surface area contributed by atoms with Crippen LogP contribution in [-0.4, -0.2) is 31.6 Å². The van der Waals surface area contributed by atoms with Crippen molar-refractivity contribution in [3.05, 3.63) is 51.9 Å². The number of rotatable bonds is 7. The van der Waals surface area contributed by atoms with E-state index in [1.807, 2.05) is 44.2 Å². The van der Waals surface area contributed by atoms with E-state index >= 15 is 0 Å². The van der Waals surface area contributed by atoms with Gasteiger partial charge in [-0.2, -0.15) is 0 Å². The van der Waals surface area contributed by atoms with Crippen molar-refractivity contribution in [1.82, 2.24) is 0 Å². The molecule has 0 saturated carbocycles. The lowest BCUT2D eigenvalue weighted by molar-refractivity contribution is -0.147. The second kappa shape index (κ2) is 9.32. The fourth-order valence-electron chi connectivity index (χ4n) is 2.58. The summed E-state index contributed by atoms with van der Waals surface area (Å²) in [6.45, 7) is 5.17. The molecule has 0 unspecified atom stereocenters. The van der Waals surface area contributed by atoms with Crippen LogP contribution in [0.2, 0.25) is 0 Å². The quantitative estimate of drug-likeness (QED) is 0.728. The number of hydrogen-bond acceptors (Lipinski definition) is 6. The van der Waals surface area contributed by atoms with Gasteiger partial charge in [0.1, 0.15) is 5.00 Å². The lowest BCUT2D eigenvalue weighted by atomic mass is 9.98. The summed E-state index contributed by atoms with van der Waals surface area (Å²) in [5, 5.41) is 3.03. The highest BCUT2D eigenvalue weighted by Crippen LogP contribution is 2.32. The van der Waals surface area contributed by atoms with E-state index in [4.69, 9.17) is 9.47 Å². The lowest BCUT2D eigenvalue weighted by Crippen LogP contribution is -2.22. The number of anilines is 1. The summed E-state index contributed by atoms with van der Waals surface area (Å²) in [4.78, 5) is 36.9. The van der Waals surface area contributed by atoms with Crippen molar-refractivity contribution in [2.75, 3.05) is 19.0 Å². The van der Waals surface area contributed by atoms with Gasteiger partial charge in [0.05, 0.1) is 19.1 Å². The summed E-state index contributed by atoms with van der Waals surface area (Å²) in [5.41, 5.74) is 2.12. The zero-order valence-electron chi connectivity index (χ0n) is 15.8. The first-order valence-electron chi connectivity index (χ1n) is 8.52. The number of nitrogens with one attached hydrogen (secondary N) is 1. The molecular formula is C20H23NO5S. The van der Waals surface area contributed by atoms with Crippen LogP contribution in [0.3, 0.4) is 0 Å². The highest BCUT2D eigenvalue weighted by molar-refractivity contribution is 7.16. The molecule has 2 rings (SSSR count). The number of esters is 2. The van der Waals surface area contributed by atoms with E-state index in [-0.39, 0.29) is 12.3 Å². The van der Waals surface area contributed by atoms with Gasteiger partial charge >= 0.3 is 11.9 Å². The maximum atomic E-state index is 12.1. The summed E-state index contributed by atoms with van der Waals surface area (Å²) in [5.74, 6) is -1.47. The fraction of sp³-hybridized carbons (Fsp3) is 0.350. The molecule has 0 fully saturated rings. The summed E-state index contributed by atoms with van der Waals surface area (Å²) in [7, 11) is 1.29. The number of thiophene rings is 1. The van der Waals surface area contributed by atoms with Crippen LogP contribution in [0, 0.1) is 13.8 Å². The molecule has 1 atom stereocenters. The van der Waals surface area contributed by atoms with Gasteiger partial charge < -0.3 is 14.8 Å². The number of ether oxygens (including phenoxy) is 2. The predicted octanol–water partition coefficient (Wildman–Crippen LogP) is 3.83. The van der Waals surface area contributed by atoms with E-state index in [0.29, 0.717) is 10.6 Å². The molecule has 1 aromatic heterocycles. The number of carbonyl (C=O) groups is 3. The Morgan fingerprint density at radius 2 is 1.81 bits per heavy atom. The number of amides is 1. The third-order valence-electron chi connectivity index (χ3n) is 4.23. The zero-order chi connectivity index (χ0) is 20.0. The Bertz CT molecular complexity index is 828. The van der Waals surface area contributed by atoms with Crippen LogP contribution >= 0.6 is 11.3 Å². The number of hydrogen-bond donors (Lipinski definition) is 1. The highest BCUT2D eigenvalue weighted by atomic mass is 32.1. The summed E-state index contributed by atoms with van der Waals surface area (Å²) >= 11 is 1.28. The van der Waals surface area contributed by atoms with E-state index in [1.165, 1.54) is 18.4 Å². The molecule has 144 valence electrons. The van der Waals surface area contributed by atoms with Gasteiger partial charge in [-0.25, -0.2) is 4.79 Å². The molecule has 1 amide bonds. The molecule has 0 aliphatic heterocycles. The van der Waals surface area contributed by atoms with Crippen LogP contribution in [0.5, 0.6) is 0 Å². The van der Waals surface area contributed by atoms with Gasteiger partial charge in [-0.05, 0) is 30.9 Å². The first-order chi connectivity index (χ1) is 12.8. The minimum Gasteiger partial charge on any atom is -0.465 e. The first kappa shape index (κ1) is 20.6.